The minimum atomic E-state index is -0.779. The summed E-state index contributed by atoms with van der Waals surface area (Å²) in [6.45, 7) is 9.95. The first kappa shape index (κ1) is 16.6. The Hall–Kier alpha value is -1.42. The Balaban J connectivity index is 3.00. The number of nitrogens with two attached hydrogens (primary N) is 1. The van der Waals surface area contributed by atoms with Crippen LogP contribution in [0.3, 0.4) is 0 Å². The van der Waals surface area contributed by atoms with Gasteiger partial charge in [-0.3, -0.25) is 0 Å². The van der Waals surface area contributed by atoms with Gasteiger partial charge in [-0.2, -0.15) is 0 Å². The maximum Gasteiger partial charge on any atom is 0.143 e. The average molecular weight is 280 g/mol. The summed E-state index contributed by atoms with van der Waals surface area (Å²) < 4.78 is 5.24. The molecule has 1 rings (SSSR count). The number of aliphatic hydroxyl groups is 1. The highest BCUT2D eigenvalue weighted by atomic mass is 16.5. The molecule has 0 saturated heterocycles. The van der Waals surface area contributed by atoms with Gasteiger partial charge in [-0.1, -0.05) is 20.8 Å². The smallest absolute Gasteiger partial charge is 0.143 e. The average Bonchev–Trinajstić information content (AvgIpc) is 2.36. The second kappa shape index (κ2) is 5.92. The van der Waals surface area contributed by atoms with Gasteiger partial charge in [-0.05, 0) is 32.4 Å². The van der Waals surface area contributed by atoms with Gasteiger partial charge in [0.25, 0.3) is 0 Å². The Kier molecular flexibility index (Phi) is 4.92. The lowest BCUT2D eigenvalue weighted by atomic mass is 9.70. The number of methoxy groups -OCH3 is 1. The highest BCUT2D eigenvalue weighted by molar-refractivity contribution is 5.61. The highest BCUT2D eigenvalue weighted by Crippen LogP contribution is 2.37. The normalized spacial score (nSPS) is 13.9. The molecule has 0 heterocycles. The molecule has 114 valence electrons. The fourth-order valence-corrected chi connectivity index (χ4v) is 2.22. The lowest BCUT2D eigenvalue weighted by molar-refractivity contribution is -0.0455. The van der Waals surface area contributed by atoms with Crippen molar-refractivity contribution < 1.29 is 9.84 Å². The van der Waals surface area contributed by atoms with Crippen LogP contribution in [0.1, 0.15) is 41.0 Å². The summed E-state index contributed by atoms with van der Waals surface area (Å²) in [5.74, 6) is 0.658. The Morgan fingerprint density at radius 2 is 1.90 bits per heavy atom. The number of ether oxygens (including phenoxy) is 1. The summed E-state index contributed by atoms with van der Waals surface area (Å²) in [7, 11) is 1.60. The third kappa shape index (κ3) is 3.37. The molecule has 20 heavy (non-hydrogen) atoms. The molecule has 0 aliphatic heterocycles. The molecule has 1 aromatic carbocycles. The van der Waals surface area contributed by atoms with E-state index in [-0.39, 0.29) is 11.5 Å². The van der Waals surface area contributed by atoms with E-state index >= 15 is 0 Å². The molecular weight excluding hydrogens is 252 g/mol. The van der Waals surface area contributed by atoms with E-state index in [0.29, 0.717) is 11.4 Å². The van der Waals surface area contributed by atoms with Gasteiger partial charge in [0.1, 0.15) is 5.75 Å². The Morgan fingerprint density at radius 1 is 1.30 bits per heavy atom. The minimum absolute atomic E-state index is 0.135. The molecule has 1 aromatic rings. The van der Waals surface area contributed by atoms with Gasteiger partial charge in [-0.25, -0.2) is 0 Å². The maximum atomic E-state index is 10.4. The van der Waals surface area contributed by atoms with Crippen molar-refractivity contribution in [1.82, 2.24) is 0 Å². The molecule has 0 fully saturated rings. The number of hydrogen-bond acceptors (Lipinski definition) is 4. The van der Waals surface area contributed by atoms with E-state index in [9.17, 15) is 5.11 Å². The van der Waals surface area contributed by atoms with Crippen LogP contribution in [-0.4, -0.2) is 23.9 Å². The number of nitrogens with one attached hydrogen (secondary N) is 1. The van der Waals surface area contributed by atoms with E-state index in [2.05, 4.69) is 26.1 Å². The van der Waals surface area contributed by atoms with Crippen molar-refractivity contribution in [3.05, 3.63) is 18.2 Å². The first-order chi connectivity index (χ1) is 9.13. The SMILES string of the molecule is CCC(Nc1ccc(N)c(OC)c1)C(C)(C)C(C)(C)O. The van der Waals surface area contributed by atoms with Crippen LogP contribution in [0.5, 0.6) is 5.75 Å². The molecule has 0 aliphatic carbocycles. The van der Waals surface area contributed by atoms with Crippen molar-refractivity contribution in [3.63, 3.8) is 0 Å². The molecule has 1 unspecified atom stereocenters. The van der Waals surface area contributed by atoms with Crippen LogP contribution < -0.4 is 15.8 Å². The standard InChI is InChI=1S/C16H28N2O2/c1-7-14(15(2,3)16(4,5)19)18-11-8-9-12(17)13(10-11)20-6/h8-10,14,18-19H,7,17H2,1-6H3. The lowest BCUT2D eigenvalue weighted by Gasteiger charge is -2.44. The molecular formula is C16H28N2O2. The molecule has 0 spiro atoms. The first-order valence-corrected chi connectivity index (χ1v) is 7.06. The van der Waals surface area contributed by atoms with E-state index in [1.807, 2.05) is 32.0 Å². The largest absolute Gasteiger partial charge is 0.495 e. The fraction of sp³-hybridized carbons (Fsp3) is 0.625. The molecule has 4 N–H and O–H groups in total. The lowest BCUT2D eigenvalue weighted by Crippen LogP contribution is -2.50. The van der Waals surface area contributed by atoms with E-state index in [1.165, 1.54) is 0 Å². The number of nitrogen functional groups attached to an aromatic ring is 1. The fourth-order valence-electron chi connectivity index (χ4n) is 2.22. The summed E-state index contributed by atoms with van der Waals surface area (Å²) in [6, 6.07) is 5.78. The second-order valence-electron chi connectivity index (χ2n) is 6.34. The van der Waals surface area contributed by atoms with E-state index in [4.69, 9.17) is 10.5 Å². The van der Waals surface area contributed by atoms with Crippen LogP contribution in [0, 0.1) is 5.41 Å². The number of benzene rings is 1. The van der Waals surface area contributed by atoms with Crippen molar-refractivity contribution in [1.29, 1.82) is 0 Å². The predicted octanol–water partition coefficient (Wildman–Crippen LogP) is 3.27. The van der Waals surface area contributed by atoms with Gasteiger partial charge in [0.2, 0.25) is 0 Å². The summed E-state index contributed by atoms with van der Waals surface area (Å²) in [6.07, 6.45) is 0.906. The highest BCUT2D eigenvalue weighted by Gasteiger charge is 2.41. The van der Waals surface area contributed by atoms with Gasteiger partial charge in [0.15, 0.2) is 0 Å². The number of anilines is 2. The molecule has 0 radical (unpaired) electrons. The van der Waals surface area contributed by atoms with Gasteiger partial charge < -0.3 is 20.9 Å². The third-order valence-electron chi connectivity index (χ3n) is 4.43. The molecule has 4 heteroatoms. The number of rotatable bonds is 6. The van der Waals surface area contributed by atoms with E-state index in [1.54, 1.807) is 7.11 Å². The summed E-state index contributed by atoms with van der Waals surface area (Å²) in [4.78, 5) is 0. The Bertz CT molecular complexity index is 450. The van der Waals surface area contributed by atoms with Crippen LogP contribution in [0.4, 0.5) is 11.4 Å². The van der Waals surface area contributed by atoms with Crippen molar-refractivity contribution in [3.8, 4) is 5.75 Å². The molecule has 1 atom stereocenters. The van der Waals surface area contributed by atoms with E-state index < -0.39 is 5.60 Å². The van der Waals surface area contributed by atoms with Crippen LogP contribution in [-0.2, 0) is 0 Å². The second-order valence-corrected chi connectivity index (χ2v) is 6.34. The van der Waals surface area contributed by atoms with Crippen molar-refractivity contribution >= 4 is 11.4 Å². The summed E-state index contributed by atoms with van der Waals surface area (Å²) >= 11 is 0. The van der Waals surface area contributed by atoms with Crippen molar-refractivity contribution in [2.24, 2.45) is 5.41 Å². The molecule has 0 aliphatic rings. The van der Waals surface area contributed by atoms with E-state index in [0.717, 1.165) is 12.1 Å². The van der Waals surface area contributed by atoms with Gasteiger partial charge in [0.05, 0.1) is 18.4 Å². The molecule has 0 bridgehead atoms. The minimum Gasteiger partial charge on any atom is -0.495 e. The van der Waals surface area contributed by atoms with Gasteiger partial charge in [-0.15, -0.1) is 0 Å². The zero-order chi connectivity index (χ0) is 15.6. The molecule has 0 amide bonds. The monoisotopic (exact) mass is 280 g/mol. The van der Waals surface area contributed by atoms with Crippen LogP contribution >= 0.6 is 0 Å². The van der Waals surface area contributed by atoms with Gasteiger partial charge in [0, 0.05) is 23.2 Å². The zero-order valence-corrected chi connectivity index (χ0v) is 13.4. The van der Waals surface area contributed by atoms with Crippen LogP contribution in [0.15, 0.2) is 18.2 Å². The van der Waals surface area contributed by atoms with Crippen molar-refractivity contribution in [2.75, 3.05) is 18.2 Å². The maximum absolute atomic E-state index is 10.4. The summed E-state index contributed by atoms with van der Waals surface area (Å²) in [5, 5.41) is 13.9. The molecule has 0 aromatic heterocycles. The Morgan fingerprint density at radius 3 is 2.35 bits per heavy atom. The molecule has 0 saturated carbocycles. The topological polar surface area (TPSA) is 67.5 Å². The van der Waals surface area contributed by atoms with Gasteiger partial charge >= 0.3 is 0 Å². The first-order valence-electron chi connectivity index (χ1n) is 7.06. The number of hydrogen-bond donors (Lipinski definition) is 3. The van der Waals surface area contributed by atoms with Crippen LogP contribution in [0.2, 0.25) is 0 Å². The Labute approximate surface area is 122 Å². The van der Waals surface area contributed by atoms with Crippen LogP contribution in [0.25, 0.3) is 0 Å². The molecule has 4 nitrogen and oxygen atoms in total. The predicted molar refractivity (Wildman–Crippen MR) is 85.2 cm³/mol. The zero-order valence-electron chi connectivity index (χ0n) is 13.4. The third-order valence-corrected chi connectivity index (χ3v) is 4.43. The summed E-state index contributed by atoms with van der Waals surface area (Å²) in [5.41, 5.74) is 6.33. The van der Waals surface area contributed by atoms with Crippen molar-refractivity contribution in [2.45, 2.75) is 52.7 Å². The quantitative estimate of drug-likeness (QED) is 0.700.